The first-order valence-corrected chi connectivity index (χ1v) is 8.20. The third-order valence-corrected chi connectivity index (χ3v) is 4.47. The summed E-state index contributed by atoms with van der Waals surface area (Å²) in [4.78, 5) is 16.7. The normalized spacial score (nSPS) is 10.4. The molecule has 25 heavy (non-hydrogen) atoms. The molecular formula is C17H17N3O4S. The van der Waals surface area contributed by atoms with Crippen LogP contribution in [-0.4, -0.2) is 32.3 Å². The summed E-state index contributed by atoms with van der Waals surface area (Å²) < 4.78 is 16.7. The van der Waals surface area contributed by atoms with Crippen molar-refractivity contribution in [3.05, 3.63) is 36.4 Å². The van der Waals surface area contributed by atoms with E-state index in [1.165, 1.54) is 11.3 Å². The number of hydrogen-bond acceptors (Lipinski definition) is 6. The van der Waals surface area contributed by atoms with Gasteiger partial charge in [0.1, 0.15) is 27.5 Å². The fourth-order valence-corrected chi connectivity index (χ4v) is 3.31. The van der Waals surface area contributed by atoms with Crippen LogP contribution >= 0.6 is 11.3 Å². The Kier molecular flexibility index (Phi) is 4.90. The quantitative estimate of drug-likeness (QED) is 0.720. The zero-order valence-corrected chi connectivity index (χ0v) is 14.8. The lowest BCUT2D eigenvalue weighted by Gasteiger charge is -2.09. The molecule has 3 rings (SSSR count). The lowest BCUT2D eigenvalue weighted by Crippen LogP contribution is -2.19. The van der Waals surface area contributed by atoms with Gasteiger partial charge < -0.3 is 19.5 Å². The molecule has 0 aliphatic carbocycles. The molecule has 0 atom stereocenters. The maximum Gasteiger partial charge on any atom is 0.325 e. The number of para-hydroxylation sites is 2. The van der Waals surface area contributed by atoms with Gasteiger partial charge in [0.15, 0.2) is 5.13 Å². The summed E-state index contributed by atoms with van der Waals surface area (Å²) >= 11 is 1.31. The maximum atomic E-state index is 12.3. The number of carbonyl (C=O) groups is 1. The van der Waals surface area contributed by atoms with Gasteiger partial charge in [0.2, 0.25) is 0 Å². The van der Waals surface area contributed by atoms with E-state index in [-0.39, 0.29) is 0 Å². The van der Waals surface area contributed by atoms with Crippen molar-refractivity contribution in [3.63, 3.8) is 0 Å². The van der Waals surface area contributed by atoms with Crippen molar-refractivity contribution in [2.75, 3.05) is 32.0 Å². The average molecular weight is 359 g/mol. The summed E-state index contributed by atoms with van der Waals surface area (Å²) in [7, 11) is 4.70. The fourth-order valence-electron chi connectivity index (χ4n) is 2.34. The number of urea groups is 1. The summed E-state index contributed by atoms with van der Waals surface area (Å²) in [5, 5.41) is 5.90. The first-order chi connectivity index (χ1) is 12.2. The van der Waals surface area contributed by atoms with Crippen molar-refractivity contribution < 1.29 is 19.0 Å². The number of nitrogens with zero attached hydrogens (tertiary/aromatic N) is 1. The number of anilines is 2. The van der Waals surface area contributed by atoms with Crippen LogP contribution in [0.15, 0.2) is 36.4 Å². The Labute approximate surface area is 148 Å². The summed E-state index contributed by atoms with van der Waals surface area (Å²) in [6.45, 7) is 0. The van der Waals surface area contributed by atoms with Crippen LogP contribution in [0.25, 0.3) is 10.2 Å². The molecule has 0 spiro atoms. The highest BCUT2D eigenvalue weighted by atomic mass is 32.1. The van der Waals surface area contributed by atoms with E-state index in [0.29, 0.717) is 33.6 Å². The zero-order chi connectivity index (χ0) is 17.8. The predicted molar refractivity (Wildman–Crippen MR) is 98.4 cm³/mol. The van der Waals surface area contributed by atoms with Gasteiger partial charge >= 0.3 is 6.03 Å². The number of ether oxygens (including phenoxy) is 3. The molecule has 0 fully saturated rings. The summed E-state index contributed by atoms with van der Waals surface area (Å²) in [5.41, 5.74) is 1.21. The molecule has 0 unspecified atom stereocenters. The Morgan fingerprint density at radius 2 is 1.60 bits per heavy atom. The Bertz CT molecular complexity index is 869. The second-order valence-electron chi connectivity index (χ2n) is 4.95. The third-order valence-electron chi connectivity index (χ3n) is 3.49. The van der Waals surface area contributed by atoms with Crippen molar-refractivity contribution in [1.29, 1.82) is 0 Å². The standard InChI is InChI=1S/C17H17N3O4S/c1-22-11-7-5-4-6-10(11)18-16(21)20-17-19-14-12(23-2)8-9-13(24-3)15(14)25-17/h4-9H,1-3H3,(H2,18,19,20,21). The summed E-state index contributed by atoms with van der Waals surface area (Å²) in [6.07, 6.45) is 0. The van der Waals surface area contributed by atoms with Gasteiger partial charge in [0, 0.05) is 0 Å². The van der Waals surface area contributed by atoms with E-state index < -0.39 is 6.03 Å². The molecule has 7 nitrogen and oxygen atoms in total. The second-order valence-corrected chi connectivity index (χ2v) is 5.95. The highest BCUT2D eigenvalue weighted by molar-refractivity contribution is 7.22. The monoisotopic (exact) mass is 359 g/mol. The molecular weight excluding hydrogens is 342 g/mol. The number of nitrogens with one attached hydrogen (secondary N) is 2. The van der Waals surface area contributed by atoms with Crippen LogP contribution in [0.3, 0.4) is 0 Å². The van der Waals surface area contributed by atoms with Crippen molar-refractivity contribution in [1.82, 2.24) is 4.98 Å². The van der Waals surface area contributed by atoms with Gasteiger partial charge in [-0.25, -0.2) is 9.78 Å². The van der Waals surface area contributed by atoms with Gasteiger partial charge in [-0.05, 0) is 24.3 Å². The molecule has 0 saturated heterocycles. The van der Waals surface area contributed by atoms with Crippen LogP contribution in [0.4, 0.5) is 15.6 Å². The number of aromatic nitrogens is 1. The van der Waals surface area contributed by atoms with Gasteiger partial charge in [-0.3, -0.25) is 5.32 Å². The van der Waals surface area contributed by atoms with E-state index in [2.05, 4.69) is 15.6 Å². The first kappa shape index (κ1) is 16.8. The number of amides is 2. The van der Waals surface area contributed by atoms with Gasteiger partial charge in [0.25, 0.3) is 0 Å². The van der Waals surface area contributed by atoms with Crippen LogP contribution in [-0.2, 0) is 0 Å². The van der Waals surface area contributed by atoms with Crippen LogP contribution in [0.2, 0.25) is 0 Å². The number of rotatable bonds is 5. The molecule has 1 aromatic heterocycles. The van der Waals surface area contributed by atoms with E-state index in [4.69, 9.17) is 14.2 Å². The number of carbonyl (C=O) groups excluding carboxylic acids is 1. The Balaban J connectivity index is 1.84. The smallest absolute Gasteiger partial charge is 0.325 e. The SMILES string of the molecule is COc1ccccc1NC(=O)Nc1nc2c(OC)ccc(OC)c2s1. The Morgan fingerprint density at radius 3 is 2.32 bits per heavy atom. The minimum Gasteiger partial charge on any atom is -0.495 e. The highest BCUT2D eigenvalue weighted by Gasteiger charge is 2.15. The molecule has 0 saturated carbocycles. The van der Waals surface area contributed by atoms with Gasteiger partial charge in [-0.2, -0.15) is 0 Å². The molecule has 2 N–H and O–H groups in total. The van der Waals surface area contributed by atoms with Crippen LogP contribution in [0.5, 0.6) is 17.2 Å². The van der Waals surface area contributed by atoms with E-state index >= 15 is 0 Å². The van der Waals surface area contributed by atoms with Gasteiger partial charge in [-0.1, -0.05) is 23.5 Å². The molecule has 0 bridgehead atoms. The van der Waals surface area contributed by atoms with E-state index in [0.717, 1.165) is 4.70 Å². The minimum absolute atomic E-state index is 0.415. The van der Waals surface area contributed by atoms with E-state index in [1.807, 2.05) is 12.1 Å². The largest absolute Gasteiger partial charge is 0.495 e. The highest BCUT2D eigenvalue weighted by Crippen LogP contribution is 2.38. The van der Waals surface area contributed by atoms with E-state index in [9.17, 15) is 4.79 Å². The van der Waals surface area contributed by atoms with Crippen LogP contribution in [0, 0.1) is 0 Å². The van der Waals surface area contributed by atoms with Crippen LogP contribution in [0.1, 0.15) is 0 Å². The Morgan fingerprint density at radius 1 is 0.920 bits per heavy atom. The molecule has 8 heteroatoms. The Hall–Kier alpha value is -3.00. The number of thiazole rings is 1. The number of hydrogen-bond donors (Lipinski definition) is 2. The van der Waals surface area contributed by atoms with E-state index in [1.54, 1.807) is 45.6 Å². The average Bonchev–Trinajstić information content (AvgIpc) is 3.04. The van der Waals surface area contributed by atoms with Crippen molar-refractivity contribution in [2.45, 2.75) is 0 Å². The van der Waals surface area contributed by atoms with Crippen LogP contribution < -0.4 is 24.8 Å². The minimum atomic E-state index is -0.415. The molecule has 0 aliphatic rings. The lowest BCUT2D eigenvalue weighted by atomic mass is 10.3. The molecule has 1 heterocycles. The second kappa shape index (κ2) is 7.27. The topological polar surface area (TPSA) is 81.7 Å². The van der Waals surface area contributed by atoms with Crippen molar-refractivity contribution in [3.8, 4) is 17.2 Å². The predicted octanol–water partition coefficient (Wildman–Crippen LogP) is 3.97. The number of methoxy groups -OCH3 is 3. The molecule has 3 aromatic rings. The third kappa shape index (κ3) is 3.43. The molecule has 130 valence electrons. The molecule has 0 radical (unpaired) electrons. The fraction of sp³-hybridized carbons (Fsp3) is 0.176. The maximum absolute atomic E-state index is 12.3. The van der Waals surface area contributed by atoms with Crippen molar-refractivity contribution >= 4 is 38.4 Å². The van der Waals surface area contributed by atoms with Crippen molar-refractivity contribution in [2.24, 2.45) is 0 Å². The number of fused-ring (bicyclic) bond motifs is 1. The number of benzene rings is 2. The lowest BCUT2D eigenvalue weighted by molar-refractivity contribution is 0.262. The molecule has 0 aliphatic heterocycles. The first-order valence-electron chi connectivity index (χ1n) is 7.38. The molecule has 2 amide bonds. The van der Waals surface area contributed by atoms with Gasteiger partial charge in [0.05, 0.1) is 27.0 Å². The zero-order valence-electron chi connectivity index (χ0n) is 14.0. The summed E-state index contributed by atoms with van der Waals surface area (Å²) in [5.74, 6) is 1.86. The summed E-state index contributed by atoms with van der Waals surface area (Å²) in [6, 6.07) is 10.3. The molecule has 2 aromatic carbocycles. The van der Waals surface area contributed by atoms with Gasteiger partial charge in [-0.15, -0.1) is 0 Å².